The molecule has 0 spiro atoms. The third-order valence-electron chi connectivity index (χ3n) is 4.72. The molecule has 0 bridgehead atoms. The van der Waals surface area contributed by atoms with Gasteiger partial charge in [-0.1, -0.05) is 5.16 Å². The van der Waals surface area contributed by atoms with E-state index in [1.165, 1.54) is 7.11 Å². The van der Waals surface area contributed by atoms with Crippen LogP contribution < -0.4 is 0 Å². The van der Waals surface area contributed by atoms with E-state index < -0.39 is 0 Å². The Morgan fingerprint density at radius 1 is 1.27 bits per heavy atom. The zero-order valence-electron chi connectivity index (χ0n) is 12.9. The van der Waals surface area contributed by atoms with E-state index in [2.05, 4.69) is 10.1 Å². The second kappa shape index (κ2) is 6.06. The first-order valence-corrected chi connectivity index (χ1v) is 7.77. The van der Waals surface area contributed by atoms with Crippen molar-refractivity contribution in [2.75, 3.05) is 20.2 Å². The second-order valence-electron chi connectivity index (χ2n) is 6.12. The SMILES string of the molecule is COC(=O)[C@@H]1CC[C@H]1C(=O)N1CCC[C@H](c2nc(C)no2)C1. The van der Waals surface area contributed by atoms with Crippen molar-refractivity contribution in [1.82, 2.24) is 15.0 Å². The van der Waals surface area contributed by atoms with E-state index in [1.54, 1.807) is 6.92 Å². The zero-order chi connectivity index (χ0) is 15.7. The minimum atomic E-state index is -0.275. The number of hydrogen-bond acceptors (Lipinski definition) is 6. The second-order valence-corrected chi connectivity index (χ2v) is 6.12. The van der Waals surface area contributed by atoms with E-state index in [4.69, 9.17) is 9.26 Å². The molecule has 2 fully saturated rings. The molecule has 2 heterocycles. The summed E-state index contributed by atoms with van der Waals surface area (Å²) in [5.41, 5.74) is 0. The normalized spacial score (nSPS) is 28.1. The van der Waals surface area contributed by atoms with E-state index in [-0.39, 0.29) is 29.6 Å². The first-order chi connectivity index (χ1) is 10.6. The van der Waals surface area contributed by atoms with Crippen LogP contribution >= 0.6 is 0 Å². The lowest BCUT2D eigenvalue weighted by atomic mass is 9.72. The fourth-order valence-corrected chi connectivity index (χ4v) is 3.32. The number of aromatic nitrogens is 2. The van der Waals surface area contributed by atoms with Gasteiger partial charge >= 0.3 is 5.97 Å². The Balaban J connectivity index is 1.64. The van der Waals surface area contributed by atoms with Gasteiger partial charge in [-0.15, -0.1) is 0 Å². The molecule has 1 saturated heterocycles. The lowest BCUT2D eigenvalue weighted by molar-refractivity contribution is -0.159. The van der Waals surface area contributed by atoms with Gasteiger partial charge in [0.25, 0.3) is 0 Å². The standard InChI is InChI=1S/C15H21N3O4/c1-9-16-13(22-17-9)10-4-3-7-18(8-10)14(19)11-5-6-12(11)15(20)21-2/h10-12H,3-8H2,1-2H3/t10-,11+,12+/m0/s1. The molecule has 22 heavy (non-hydrogen) atoms. The summed E-state index contributed by atoms with van der Waals surface area (Å²) in [6.45, 7) is 3.10. The number of hydrogen-bond donors (Lipinski definition) is 0. The maximum atomic E-state index is 12.6. The van der Waals surface area contributed by atoms with Crippen molar-refractivity contribution in [3.63, 3.8) is 0 Å². The van der Waals surface area contributed by atoms with Gasteiger partial charge in [-0.05, 0) is 32.6 Å². The topological polar surface area (TPSA) is 85.5 Å². The molecule has 1 amide bonds. The van der Waals surface area contributed by atoms with Crippen molar-refractivity contribution in [2.45, 2.75) is 38.5 Å². The van der Waals surface area contributed by atoms with Crippen LogP contribution in [-0.2, 0) is 14.3 Å². The van der Waals surface area contributed by atoms with Gasteiger partial charge in [0, 0.05) is 13.1 Å². The Morgan fingerprint density at radius 3 is 2.64 bits per heavy atom. The molecular formula is C15H21N3O4. The first-order valence-electron chi connectivity index (χ1n) is 7.77. The van der Waals surface area contributed by atoms with Crippen LogP contribution in [0.25, 0.3) is 0 Å². The Morgan fingerprint density at radius 2 is 2.05 bits per heavy atom. The summed E-state index contributed by atoms with van der Waals surface area (Å²) in [7, 11) is 1.37. The maximum absolute atomic E-state index is 12.6. The molecule has 7 nitrogen and oxygen atoms in total. The van der Waals surface area contributed by atoms with Gasteiger partial charge in [-0.25, -0.2) is 0 Å². The predicted octanol–water partition coefficient (Wildman–Crippen LogP) is 1.28. The molecule has 0 aromatic carbocycles. The molecule has 1 saturated carbocycles. The molecule has 2 aliphatic rings. The number of ether oxygens (including phenoxy) is 1. The number of amides is 1. The molecule has 1 aromatic heterocycles. The Hall–Kier alpha value is -1.92. The number of nitrogens with zero attached hydrogens (tertiary/aromatic N) is 3. The van der Waals surface area contributed by atoms with Crippen LogP contribution in [-0.4, -0.2) is 47.1 Å². The lowest BCUT2D eigenvalue weighted by Gasteiger charge is -2.39. The van der Waals surface area contributed by atoms with Crippen LogP contribution in [0.5, 0.6) is 0 Å². The molecule has 1 aliphatic carbocycles. The highest BCUT2D eigenvalue weighted by Gasteiger charge is 2.44. The Bertz CT molecular complexity index is 571. The van der Waals surface area contributed by atoms with Crippen molar-refractivity contribution in [3.8, 4) is 0 Å². The molecule has 120 valence electrons. The van der Waals surface area contributed by atoms with Crippen LogP contribution in [0.4, 0.5) is 0 Å². The maximum Gasteiger partial charge on any atom is 0.309 e. The van der Waals surface area contributed by atoms with Gasteiger partial charge in [0.15, 0.2) is 5.82 Å². The summed E-state index contributed by atoms with van der Waals surface area (Å²) in [6, 6.07) is 0. The van der Waals surface area contributed by atoms with Crippen LogP contribution in [0.1, 0.15) is 43.3 Å². The number of carbonyl (C=O) groups excluding carboxylic acids is 2. The summed E-state index contributed by atoms with van der Waals surface area (Å²) >= 11 is 0. The minimum absolute atomic E-state index is 0.0580. The van der Waals surface area contributed by atoms with Crippen LogP contribution in [0, 0.1) is 18.8 Å². The van der Waals surface area contributed by atoms with Gasteiger partial charge in [-0.3, -0.25) is 9.59 Å². The fraction of sp³-hybridized carbons (Fsp3) is 0.733. The minimum Gasteiger partial charge on any atom is -0.469 e. The van der Waals surface area contributed by atoms with Crippen molar-refractivity contribution >= 4 is 11.9 Å². The first kappa shape index (κ1) is 15.0. The highest BCUT2D eigenvalue weighted by molar-refractivity contribution is 5.87. The largest absolute Gasteiger partial charge is 0.469 e. The summed E-state index contributed by atoms with van der Waals surface area (Å²) < 4.78 is 10.0. The van der Waals surface area contributed by atoms with Crippen LogP contribution in [0.3, 0.4) is 0 Å². The van der Waals surface area contributed by atoms with Gasteiger partial charge in [0.2, 0.25) is 11.8 Å². The van der Waals surface area contributed by atoms with Crippen molar-refractivity contribution in [3.05, 3.63) is 11.7 Å². The third kappa shape index (κ3) is 2.71. The van der Waals surface area contributed by atoms with E-state index in [0.29, 0.717) is 18.3 Å². The van der Waals surface area contributed by atoms with E-state index in [1.807, 2.05) is 4.90 Å². The molecule has 0 radical (unpaired) electrons. The molecule has 0 N–H and O–H groups in total. The number of carbonyl (C=O) groups is 2. The average Bonchev–Trinajstić information content (AvgIpc) is 2.92. The lowest BCUT2D eigenvalue weighted by Crippen LogP contribution is -2.49. The zero-order valence-corrected chi connectivity index (χ0v) is 12.9. The Kier molecular flexibility index (Phi) is 4.13. The predicted molar refractivity (Wildman–Crippen MR) is 75.8 cm³/mol. The number of rotatable bonds is 3. The summed E-state index contributed by atoms with van der Waals surface area (Å²) in [4.78, 5) is 30.4. The van der Waals surface area contributed by atoms with Crippen LogP contribution in [0.2, 0.25) is 0 Å². The molecule has 1 aliphatic heterocycles. The fourth-order valence-electron chi connectivity index (χ4n) is 3.32. The quantitative estimate of drug-likeness (QED) is 0.782. The van der Waals surface area contributed by atoms with Gasteiger partial charge < -0.3 is 14.2 Å². The number of aryl methyl sites for hydroxylation is 1. The summed E-state index contributed by atoms with van der Waals surface area (Å²) in [6.07, 6.45) is 3.35. The van der Waals surface area contributed by atoms with Gasteiger partial charge in [0.1, 0.15) is 0 Å². The molecule has 3 rings (SSSR count). The number of likely N-dealkylation sites (tertiary alicyclic amines) is 1. The number of methoxy groups -OCH3 is 1. The van der Waals surface area contributed by atoms with Gasteiger partial charge in [-0.2, -0.15) is 4.98 Å². The molecule has 1 aromatic rings. The van der Waals surface area contributed by atoms with Crippen molar-refractivity contribution in [1.29, 1.82) is 0 Å². The summed E-state index contributed by atoms with van der Waals surface area (Å²) in [5, 5.41) is 3.82. The highest BCUT2D eigenvalue weighted by atomic mass is 16.5. The molecule has 0 unspecified atom stereocenters. The molecule has 3 atom stereocenters. The number of piperidine rings is 1. The Labute approximate surface area is 129 Å². The van der Waals surface area contributed by atoms with Crippen molar-refractivity contribution in [2.24, 2.45) is 11.8 Å². The molecule has 7 heteroatoms. The highest BCUT2D eigenvalue weighted by Crippen LogP contribution is 2.38. The average molecular weight is 307 g/mol. The molecular weight excluding hydrogens is 286 g/mol. The van der Waals surface area contributed by atoms with Gasteiger partial charge in [0.05, 0.1) is 24.9 Å². The van der Waals surface area contributed by atoms with E-state index in [0.717, 1.165) is 32.2 Å². The van der Waals surface area contributed by atoms with Crippen LogP contribution in [0.15, 0.2) is 4.52 Å². The van der Waals surface area contributed by atoms with E-state index in [9.17, 15) is 9.59 Å². The van der Waals surface area contributed by atoms with E-state index >= 15 is 0 Å². The smallest absolute Gasteiger partial charge is 0.309 e. The monoisotopic (exact) mass is 307 g/mol. The third-order valence-corrected chi connectivity index (χ3v) is 4.72. The number of esters is 1. The van der Waals surface area contributed by atoms with Crippen molar-refractivity contribution < 1.29 is 18.8 Å². The summed E-state index contributed by atoms with van der Waals surface area (Å²) in [5.74, 6) is 0.597.